The van der Waals surface area contributed by atoms with E-state index in [4.69, 9.17) is 10.3 Å². The number of aryl methyl sites for hydroxylation is 1. The fraction of sp³-hybridized carbons (Fsp3) is 0.400. The molecular formula is C15H18N4O2. The van der Waals surface area contributed by atoms with Crippen molar-refractivity contribution < 1.29 is 9.32 Å². The lowest BCUT2D eigenvalue weighted by Crippen LogP contribution is -2.23. The molecule has 0 aliphatic heterocycles. The molecule has 3 N–H and O–H groups in total. The summed E-state index contributed by atoms with van der Waals surface area (Å²) in [7, 11) is 0. The Morgan fingerprint density at radius 3 is 2.95 bits per heavy atom. The lowest BCUT2D eigenvalue weighted by Gasteiger charge is -2.11. The number of nitrogens with two attached hydrogens (primary N) is 1. The second-order valence-corrected chi connectivity index (χ2v) is 5.48. The number of hydrogen-bond donors (Lipinski definition) is 2. The molecule has 0 spiro atoms. The molecule has 6 nitrogen and oxygen atoms in total. The molecule has 0 saturated heterocycles. The van der Waals surface area contributed by atoms with Crippen LogP contribution in [0.4, 0.5) is 5.69 Å². The summed E-state index contributed by atoms with van der Waals surface area (Å²) in [6, 6.07) is 7.58. The van der Waals surface area contributed by atoms with Gasteiger partial charge in [0, 0.05) is 30.1 Å². The van der Waals surface area contributed by atoms with Crippen molar-refractivity contribution in [1.29, 1.82) is 0 Å². The van der Waals surface area contributed by atoms with Crippen LogP contribution in [0.1, 0.15) is 25.2 Å². The number of anilines is 1. The van der Waals surface area contributed by atoms with Gasteiger partial charge in [-0.2, -0.15) is 4.98 Å². The Labute approximate surface area is 122 Å². The van der Waals surface area contributed by atoms with E-state index in [1.54, 1.807) is 6.92 Å². The third kappa shape index (κ3) is 3.11. The van der Waals surface area contributed by atoms with Crippen molar-refractivity contribution in [2.75, 3.05) is 5.32 Å². The van der Waals surface area contributed by atoms with Gasteiger partial charge < -0.3 is 15.6 Å². The van der Waals surface area contributed by atoms with Gasteiger partial charge in [0.15, 0.2) is 0 Å². The van der Waals surface area contributed by atoms with Gasteiger partial charge in [0.25, 0.3) is 0 Å². The fourth-order valence-corrected chi connectivity index (χ4v) is 2.65. The van der Waals surface area contributed by atoms with E-state index < -0.39 is 0 Å². The lowest BCUT2D eigenvalue weighted by molar-refractivity contribution is -0.119. The predicted octanol–water partition coefficient (Wildman–Crippen LogP) is 2.11. The first-order chi connectivity index (χ1) is 10.1. The van der Waals surface area contributed by atoms with Crippen LogP contribution >= 0.6 is 0 Å². The first kappa shape index (κ1) is 13.8. The zero-order valence-corrected chi connectivity index (χ0v) is 11.9. The topological polar surface area (TPSA) is 94.0 Å². The average molecular weight is 286 g/mol. The van der Waals surface area contributed by atoms with Gasteiger partial charge in [0.2, 0.25) is 17.6 Å². The van der Waals surface area contributed by atoms with E-state index in [1.165, 1.54) is 0 Å². The summed E-state index contributed by atoms with van der Waals surface area (Å²) >= 11 is 0. The smallest absolute Gasteiger partial charge is 0.227 e. The molecule has 1 heterocycles. The molecule has 2 aromatic rings. The number of rotatable bonds is 3. The Morgan fingerprint density at radius 2 is 2.29 bits per heavy atom. The maximum absolute atomic E-state index is 12.2. The molecule has 1 aliphatic rings. The zero-order valence-electron chi connectivity index (χ0n) is 11.9. The summed E-state index contributed by atoms with van der Waals surface area (Å²) in [5.41, 5.74) is 7.40. The van der Waals surface area contributed by atoms with Gasteiger partial charge in [-0.25, -0.2) is 0 Å². The normalized spacial score (nSPS) is 21.4. The third-order valence-electron chi connectivity index (χ3n) is 3.76. The van der Waals surface area contributed by atoms with Crippen LogP contribution < -0.4 is 11.1 Å². The van der Waals surface area contributed by atoms with Gasteiger partial charge in [-0.3, -0.25) is 4.79 Å². The van der Waals surface area contributed by atoms with Crippen molar-refractivity contribution in [2.24, 2.45) is 11.7 Å². The summed E-state index contributed by atoms with van der Waals surface area (Å²) in [4.78, 5) is 16.4. The molecule has 1 aromatic carbocycles. The van der Waals surface area contributed by atoms with Crippen molar-refractivity contribution in [2.45, 2.75) is 32.2 Å². The highest BCUT2D eigenvalue weighted by atomic mass is 16.5. The first-order valence-electron chi connectivity index (χ1n) is 7.09. The van der Waals surface area contributed by atoms with Crippen LogP contribution in [0.3, 0.4) is 0 Å². The highest BCUT2D eigenvalue weighted by Gasteiger charge is 2.27. The first-order valence-corrected chi connectivity index (χ1v) is 7.09. The summed E-state index contributed by atoms with van der Waals surface area (Å²) in [5, 5.41) is 6.82. The number of benzene rings is 1. The molecule has 6 heteroatoms. The van der Waals surface area contributed by atoms with Crippen LogP contribution in [0.5, 0.6) is 0 Å². The van der Waals surface area contributed by atoms with E-state index >= 15 is 0 Å². The maximum Gasteiger partial charge on any atom is 0.227 e. The van der Waals surface area contributed by atoms with E-state index in [9.17, 15) is 4.79 Å². The molecule has 2 atom stereocenters. The molecule has 1 amide bonds. The molecule has 3 rings (SSSR count). The van der Waals surface area contributed by atoms with E-state index in [1.807, 2.05) is 24.3 Å². The number of aromatic nitrogens is 2. The second kappa shape index (κ2) is 5.65. The van der Waals surface area contributed by atoms with Gasteiger partial charge in [-0.05, 0) is 31.4 Å². The Kier molecular flexibility index (Phi) is 3.70. The van der Waals surface area contributed by atoms with Crippen molar-refractivity contribution >= 4 is 11.6 Å². The molecule has 1 aliphatic carbocycles. The largest absolute Gasteiger partial charge is 0.339 e. The summed E-state index contributed by atoms with van der Waals surface area (Å²) in [6.07, 6.45) is 2.53. The SMILES string of the molecule is Cc1nc(-c2cccc(NC(=O)C3CCC(N)C3)c2)no1. The summed E-state index contributed by atoms with van der Waals surface area (Å²) in [6.45, 7) is 1.74. The molecular weight excluding hydrogens is 268 g/mol. The van der Waals surface area contributed by atoms with Gasteiger partial charge in [0.05, 0.1) is 0 Å². The van der Waals surface area contributed by atoms with Gasteiger partial charge in [-0.1, -0.05) is 17.3 Å². The molecule has 0 bridgehead atoms. The fourth-order valence-electron chi connectivity index (χ4n) is 2.65. The van der Waals surface area contributed by atoms with Gasteiger partial charge in [-0.15, -0.1) is 0 Å². The van der Waals surface area contributed by atoms with Crippen LogP contribution in [-0.4, -0.2) is 22.1 Å². The van der Waals surface area contributed by atoms with Crippen LogP contribution in [0, 0.1) is 12.8 Å². The molecule has 110 valence electrons. The maximum atomic E-state index is 12.2. The Bertz CT molecular complexity index is 653. The predicted molar refractivity (Wildman–Crippen MR) is 78.4 cm³/mol. The van der Waals surface area contributed by atoms with Crippen molar-refractivity contribution in [3.8, 4) is 11.4 Å². The standard InChI is InChI=1S/C15H18N4O2/c1-9-17-14(19-21-9)10-3-2-4-13(8-10)18-15(20)11-5-6-12(16)7-11/h2-4,8,11-12H,5-7,16H2,1H3,(H,18,20). The number of hydrogen-bond acceptors (Lipinski definition) is 5. The Morgan fingerprint density at radius 1 is 1.43 bits per heavy atom. The summed E-state index contributed by atoms with van der Waals surface area (Å²) in [5.74, 6) is 1.08. The monoisotopic (exact) mass is 286 g/mol. The van der Waals surface area contributed by atoms with E-state index in [-0.39, 0.29) is 17.9 Å². The number of nitrogens with one attached hydrogen (secondary N) is 1. The zero-order chi connectivity index (χ0) is 14.8. The van der Waals surface area contributed by atoms with Crippen LogP contribution in [0.2, 0.25) is 0 Å². The van der Waals surface area contributed by atoms with E-state index in [0.717, 1.165) is 30.5 Å². The quantitative estimate of drug-likeness (QED) is 0.901. The number of nitrogens with zero attached hydrogens (tertiary/aromatic N) is 2. The highest BCUT2D eigenvalue weighted by Crippen LogP contribution is 2.26. The van der Waals surface area contributed by atoms with Crippen LogP contribution in [-0.2, 0) is 4.79 Å². The average Bonchev–Trinajstić information content (AvgIpc) is 3.08. The van der Waals surface area contributed by atoms with Gasteiger partial charge >= 0.3 is 0 Å². The lowest BCUT2D eigenvalue weighted by atomic mass is 10.1. The number of amides is 1. The van der Waals surface area contributed by atoms with Crippen LogP contribution in [0.25, 0.3) is 11.4 Å². The van der Waals surface area contributed by atoms with Crippen molar-refractivity contribution in [3.05, 3.63) is 30.2 Å². The van der Waals surface area contributed by atoms with Crippen molar-refractivity contribution in [1.82, 2.24) is 10.1 Å². The number of carbonyl (C=O) groups is 1. The van der Waals surface area contributed by atoms with Crippen LogP contribution in [0.15, 0.2) is 28.8 Å². The molecule has 1 saturated carbocycles. The minimum absolute atomic E-state index is 0.0103. The Hall–Kier alpha value is -2.21. The second-order valence-electron chi connectivity index (χ2n) is 5.48. The minimum atomic E-state index is 0.0103. The molecule has 0 radical (unpaired) electrons. The van der Waals surface area contributed by atoms with E-state index in [2.05, 4.69) is 15.5 Å². The Balaban J connectivity index is 1.73. The molecule has 21 heavy (non-hydrogen) atoms. The van der Waals surface area contributed by atoms with E-state index in [0.29, 0.717) is 11.7 Å². The van der Waals surface area contributed by atoms with Crippen molar-refractivity contribution in [3.63, 3.8) is 0 Å². The minimum Gasteiger partial charge on any atom is -0.339 e. The number of carbonyl (C=O) groups excluding carboxylic acids is 1. The van der Waals surface area contributed by atoms with Gasteiger partial charge in [0.1, 0.15) is 0 Å². The molecule has 2 unspecified atom stereocenters. The third-order valence-corrected chi connectivity index (χ3v) is 3.76. The summed E-state index contributed by atoms with van der Waals surface area (Å²) < 4.78 is 4.97. The molecule has 1 aromatic heterocycles. The highest BCUT2D eigenvalue weighted by molar-refractivity contribution is 5.93. The molecule has 1 fully saturated rings.